The van der Waals surface area contributed by atoms with Crippen LogP contribution in [0.5, 0.6) is 0 Å². The molecule has 0 radical (unpaired) electrons. The molecule has 2 unspecified atom stereocenters. The van der Waals surface area contributed by atoms with Crippen molar-refractivity contribution in [1.82, 2.24) is 4.90 Å². The molecule has 0 saturated heterocycles. The molecule has 2 nitrogen and oxygen atoms in total. The molecule has 14 heavy (non-hydrogen) atoms. The van der Waals surface area contributed by atoms with E-state index < -0.39 is 0 Å². The van der Waals surface area contributed by atoms with Gasteiger partial charge in [0.15, 0.2) is 0 Å². The lowest BCUT2D eigenvalue weighted by Crippen LogP contribution is -2.37. The van der Waals surface area contributed by atoms with Crippen molar-refractivity contribution in [3.8, 4) is 0 Å². The van der Waals surface area contributed by atoms with Crippen LogP contribution in [0.15, 0.2) is 18.2 Å². The largest absolute Gasteiger partial charge is 0.399 e. The summed E-state index contributed by atoms with van der Waals surface area (Å²) in [6.07, 6.45) is 1.14. The number of anilines is 1. The molecule has 1 aromatic carbocycles. The first kappa shape index (κ1) is 9.53. The third kappa shape index (κ3) is 1.40. The van der Waals surface area contributed by atoms with Gasteiger partial charge < -0.3 is 5.73 Å². The summed E-state index contributed by atoms with van der Waals surface area (Å²) in [5.74, 6) is 0. The highest BCUT2D eigenvalue weighted by Gasteiger charge is 2.25. The smallest absolute Gasteiger partial charge is 0.0323 e. The van der Waals surface area contributed by atoms with E-state index in [1.54, 1.807) is 0 Å². The van der Waals surface area contributed by atoms with E-state index in [-0.39, 0.29) is 0 Å². The molecule has 1 aromatic rings. The third-order valence-electron chi connectivity index (χ3n) is 3.44. The van der Waals surface area contributed by atoms with Gasteiger partial charge in [0.25, 0.3) is 0 Å². The Hall–Kier alpha value is -1.02. The summed E-state index contributed by atoms with van der Waals surface area (Å²) < 4.78 is 0. The Labute approximate surface area is 85.7 Å². The molecule has 1 aliphatic heterocycles. The van der Waals surface area contributed by atoms with Crippen molar-refractivity contribution in [2.45, 2.75) is 32.4 Å². The van der Waals surface area contributed by atoms with Gasteiger partial charge in [-0.05, 0) is 50.6 Å². The van der Waals surface area contributed by atoms with Gasteiger partial charge in [0.1, 0.15) is 0 Å². The average Bonchev–Trinajstić information content (AvgIpc) is 2.16. The van der Waals surface area contributed by atoms with Crippen molar-refractivity contribution in [2.24, 2.45) is 0 Å². The Kier molecular flexibility index (Phi) is 2.23. The minimum absolute atomic E-state index is 0.484. The van der Waals surface area contributed by atoms with Crippen LogP contribution < -0.4 is 5.73 Å². The van der Waals surface area contributed by atoms with Crippen LogP contribution >= 0.6 is 0 Å². The predicted octanol–water partition coefficient (Wildman–Crippen LogP) is 2.21. The zero-order chi connectivity index (χ0) is 10.3. The van der Waals surface area contributed by atoms with Crippen LogP contribution in [0.3, 0.4) is 0 Å². The first-order valence-electron chi connectivity index (χ1n) is 5.20. The molecule has 0 fully saturated rings. The van der Waals surface area contributed by atoms with Gasteiger partial charge in [0.2, 0.25) is 0 Å². The maximum absolute atomic E-state index is 5.81. The second-order valence-electron chi connectivity index (χ2n) is 4.35. The number of hydrogen-bond acceptors (Lipinski definition) is 2. The minimum Gasteiger partial charge on any atom is -0.399 e. The topological polar surface area (TPSA) is 29.3 Å². The normalized spacial score (nSPS) is 27.4. The third-order valence-corrected chi connectivity index (χ3v) is 3.44. The summed E-state index contributed by atoms with van der Waals surface area (Å²) in [4.78, 5) is 2.40. The molecule has 1 heterocycles. The number of hydrogen-bond donors (Lipinski definition) is 1. The highest BCUT2D eigenvalue weighted by Crippen LogP contribution is 2.32. The number of rotatable bonds is 0. The fraction of sp³-hybridized carbons (Fsp3) is 0.500. The van der Waals surface area contributed by atoms with E-state index in [9.17, 15) is 0 Å². The summed E-state index contributed by atoms with van der Waals surface area (Å²) in [5.41, 5.74) is 9.53. The number of nitrogens with two attached hydrogens (primary N) is 1. The SMILES string of the molecule is CC1Cc2ccc(N)cc2C(C)N1C. The Balaban J connectivity index is 2.46. The van der Waals surface area contributed by atoms with Gasteiger partial charge in [0, 0.05) is 17.8 Å². The number of fused-ring (bicyclic) bond motifs is 1. The molecule has 2 N–H and O–H groups in total. The average molecular weight is 190 g/mol. The number of nitrogens with zero attached hydrogens (tertiary/aromatic N) is 1. The zero-order valence-electron chi connectivity index (χ0n) is 9.12. The van der Waals surface area contributed by atoms with Crippen LogP contribution in [0.2, 0.25) is 0 Å². The maximum atomic E-state index is 5.81. The monoisotopic (exact) mass is 190 g/mol. The fourth-order valence-electron chi connectivity index (χ4n) is 2.25. The van der Waals surface area contributed by atoms with Gasteiger partial charge in [-0.2, -0.15) is 0 Å². The van der Waals surface area contributed by atoms with Gasteiger partial charge in [-0.25, -0.2) is 0 Å². The molecule has 0 amide bonds. The standard InChI is InChI=1S/C12H18N2/c1-8-6-10-4-5-11(13)7-12(10)9(2)14(8)3/h4-5,7-9H,6,13H2,1-3H3. The second kappa shape index (κ2) is 3.28. The van der Waals surface area contributed by atoms with E-state index in [1.165, 1.54) is 11.1 Å². The number of benzene rings is 1. The maximum Gasteiger partial charge on any atom is 0.0323 e. The van der Waals surface area contributed by atoms with Gasteiger partial charge >= 0.3 is 0 Å². The first-order chi connectivity index (χ1) is 6.59. The molecule has 1 aliphatic rings. The van der Waals surface area contributed by atoms with E-state index in [2.05, 4.69) is 37.9 Å². The highest BCUT2D eigenvalue weighted by molar-refractivity contribution is 5.47. The van der Waals surface area contributed by atoms with Crippen LogP contribution in [0.4, 0.5) is 5.69 Å². The summed E-state index contributed by atoms with van der Waals surface area (Å²) >= 11 is 0. The second-order valence-corrected chi connectivity index (χ2v) is 4.35. The van der Waals surface area contributed by atoms with Crippen LogP contribution in [-0.2, 0) is 6.42 Å². The van der Waals surface area contributed by atoms with Gasteiger partial charge in [-0.3, -0.25) is 4.90 Å². The highest BCUT2D eigenvalue weighted by atomic mass is 15.2. The van der Waals surface area contributed by atoms with Crippen molar-refractivity contribution in [2.75, 3.05) is 12.8 Å². The summed E-state index contributed by atoms with van der Waals surface area (Å²) in [6.45, 7) is 4.52. The van der Waals surface area contributed by atoms with Crippen LogP contribution in [0.1, 0.15) is 31.0 Å². The molecule has 0 saturated carbocycles. The van der Waals surface area contributed by atoms with Gasteiger partial charge in [-0.15, -0.1) is 0 Å². The zero-order valence-corrected chi connectivity index (χ0v) is 9.12. The summed E-state index contributed by atoms with van der Waals surface area (Å²) in [6, 6.07) is 7.40. The van der Waals surface area contributed by atoms with Crippen molar-refractivity contribution in [3.63, 3.8) is 0 Å². The molecular weight excluding hydrogens is 172 g/mol. The Bertz CT molecular complexity index is 346. The van der Waals surface area contributed by atoms with Crippen molar-refractivity contribution >= 4 is 5.69 Å². The van der Waals surface area contributed by atoms with Crippen LogP contribution in [0, 0.1) is 0 Å². The molecule has 2 atom stereocenters. The van der Waals surface area contributed by atoms with E-state index in [0.29, 0.717) is 12.1 Å². The van der Waals surface area contributed by atoms with Crippen LogP contribution in [0.25, 0.3) is 0 Å². The summed E-state index contributed by atoms with van der Waals surface area (Å²) in [7, 11) is 2.18. The van der Waals surface area contributed by atoms with Crippen molar-refractivity contribution in [3.05, 3.63) is 29.3 Å². The molecule has 0 bridgehead atoms. The van der Waals surface area contributed by atoms with Crippen molar-refractivity contribution in [1.29, 1.82) is 0 Å². The molecule has 0 aromatic heterocycles. The molecule has 2 rings (SSSR count). The summed E-state index contributed by atoms with van der Waals surface area (Å²) in [5, 5.41) is 0. The van der Waals surface area contributed by atoms with Crippen LogP contribution in [-0.4, -0.2) is 18.0 Å². The number of nitrogen functional groups attached to an aromatic ring is 1. The minimum atomic E-state index is 0.484. The molecule has 0 spiro atoms. The van der Waals surface area contributed by atoms with E-state index in [0.717, 1.165) is 12.1 Å². The predicted molar refractivity (Wildman–Crippen MR) is 60.2 cm³/mol. The molecule has 0 aliphatic carbocycles. The Morgan fingerprint density at radius 2 is 2.07 bits per heavy atom. The van der Waals surface area contributed by atoms with E-state index >= 15 is 0 Å². The Morgan fingerprint density at radius 1 is 1.36 bits per heavy atom. The Morgan fingerprint density at radius 3 is 2.79 bits per heavy atom. The molecule has 76 valence electrons. The fourth-order valence-corrected chi connectivity index (χ4v) is 2.25. The molecular formula is C12H18N2. The first-order valence-corrected chi connectivity index (χ1v) is 5.20. The quantitative estimate of drug-likeness (QED) is 0.635. The molecule has 2 heteroatoms. The van der Waals surface area contributed by atoms with Crippen molar-refractivity contribution < 1.29 is 0 Å². The lowest BCUT2D eigenvalue weighted by atomic mass is 9.90. The van der Waals surface area contributed by atoms with E-state index in [1.807, 2.05) is 6.07 Å². The van der Waals surface area contributed by atoms with Gasteiger partial charge in [-0.1, -0.05) is 6.07 Å². The van der Waals surface area contributed by atoms with E-state index in [4.69, 9.17) is 5.73 Å². The lowest BCUT2D eigenvalue weighted by molar-refractivity contribution is 0.179. The van der Waals surface area contributed by atoms with Gasteiger partial charge in [0.05, 0.1) is 0 Å². The lowest BCUT2D eigenvalue weighted by Gasteiger charge is -2.37. The number of likely N-dealkylation sites (N-methyl/N-ethyl adjacent to an activating group) is 1.